The standard InChI is InChI=1S/C9H17Cl/c1-2-9(10)7-8-5-3-4-6-8/h8-9H,2-7H2,1H3. The van der Waals surface area contributed by atoms with E-state index in [1.807, 2.05) is 0 Å². The quantitative estimate of drug-likeness (QED) is 0.554. The van der Waals surface area contributed by atoms with Crippen LogP contribution in [0.4, 0.5) is 0 Å². The van der Waals surface area contributed by atoms with Gasteiger partial charge < -0.3 is 0 Å². The van der Waals surface area contributed by atoms with Crippen molar-refractivity contribution in [3.63, 3.8) is 0 Å². The Morgan fingerprint density at radius 1 is 1.40 bits per heavy atom. The fourth-order valence-electron chi connectivity index (χ4n) is 1.77. The third-order valence-corrected chi connectivity index (χ3v) is 2.99. The first-order valence-electron chi connectivity index (χ1n) is 4.47. The summed E-state index contributed by atoms with van der Waals surface area (Å²) in [7, 11) is 0. The van der Waals surface area contributed by atoms with Gasteiger partial charge in [0.05, 0.1) is 0 Å². The van der Waals surface area contributed by atoms with E-state index < -0.39 is 0 Å². The van der Waals surface area contributed by atoms with Gasteiger partial charge in [0.25, 0.3) is 0 Å². The van der Waals surface area contributed by atoms with Gasteiger partial charge in [-0.3, -0.25) is 0 Å². The van der Waals surface area contributed by atoms with Crippen LogP contribution in [0.25, 0.3) is 0 Å². The Morgan fingerprint density at radius 3 is 2.50 bits per heavy atom. The van der Waals surface area contributed by atoms with E-state index >= 15 is 0 Å². The smallest absolute Gasteiger partial charge is 0.0336 e. The molecule has 0 aromatic carbocycles. The highest BCUT2D eigenvalue weighted by atomic mass is 35.5. The van der Waals surface area contributed by atoms with Crippen LogP contribution in [0.2, 0.25) is 0 Å². The van der Waals surface area contributed by atoms with Crippen LogP contribution >= 0.6 is 11.6 Å². The average Bonchev–Trinajstić information content (AvgIpc) is 2.40. The first-order chi connectivity index (χ1) is 4.83. The summed E-state index contributed by atoms with van der Waals surface area (Å²) in [5.41, 5.74) is 0. The molecule has 0 heterocycles. The molecule has 60 valence electrons. The Balaban J connectivity index is 2.11. The lowest BCUT2D eigenvalue weighted by Crippen LogP contribution is -2.03. The average molecular weight is 161 g/mol. The van der Waals surface area contributed by atoms with E-state index in [-0.39, 0.29) is 0 Å². The van der Waals surface area contributed by atoms with Gasteiger partial charge in [0.15, 0.2) is 0 Å². The molecule has 0 aromatic heterocycles. The van der Waals surface area contributed by atoms with Crippen LogP contribution in [-0.2, 0) is 0 Å². The molecule has 1 aliphatic rings. The fourth-order valence-corrected chi connectivity index (χ4v) is 2.03. The number of alkyl halides is 1. The maximum Gasteiger partial charge on any atom is 0.0336 e. The maximum atomic E-state index is 6.05. The third-order valence-electron chi connectivity index (χ3n) is 2.51. The molecule has 1 rings (SSSR count). The Kier molecular flexibility index (Phi) is 3.55. The van der Waals surface area contributed by atoms with Crippen LogP contribution in [0.3, 0.4) is 0 Å². The van der Waals surface area contributed by atoms with Crippen molar-refractivity contribution in [1.82, 2.24) is 0 Å². The molecule has 1 atom stereocenters. The van der Waals surface area contributed by atoms with Crippen molar-refractivity contribution in [1.29, 1.82) is 0 Å². The van der Waals surface area contributed by atoms with E-state index in [0.717, 1.165) is 12.3 Å². The summed E-state index contributed by atoms with van der Waals surface area (Å²) in [6, 6.07) is 0. The molecule has 1 saturated carbocycles. The molecule has 0 bridgehead atoms. The van der Waals surface area contributed by atoms with Gasteiger partial charge in [-0.15, -0.1) is 11.6 Å². The van der Waals surface area contributed by atoms with E-state index in [2.05, 4.69) is 6.92 Å². The summed E-state index contributed by atoms with van der Waals surface area (Å²) in [5.74, 6) is 0.961. The van der Waals surface area contributed by atoms with Crippen molar-refractivity contribution in [3.8, 4) is 0 Å². The minimum Gasteiger partial charge on any atom is -0.123 e. The van der Waals surface area contributed by atoms with Crippen LogP contribution in [0.15, 0.2) is 0 Å². The molecule has 1 fully saturated rings. The Morgan fingerprint density at radius 2 is 2.00 bits per heavy atom. The number of halogens is 1. The van der Waals surface area contributed by atoms with Gasteiger partial charge in [0.1, 0.15) is 0 Å². The second-order valence-electron chi connectivity index (χ2n) is 3.39. The van der Waals surface area contributed by atoms with Gasteiger partial charge in [-0.25, -0.2) is 0 Å². The first kappa shape index (κ1) is 8.39. The molecule has 1 aliphatic carbocycles. The molecular weight excluding hydrogens is 144 g/mol. The first-order valence-corrected chi connectivity index (χ1v) is 4.90. The molecule has 0 radical (unpaired) electrons. The molecule has 10 heavy (non-hydrogen) atoms. The molecule has 0 aromatic rings. The maximum absolute atomic E-state index is 6.05. The molecule has 0 aliphatic heterocycles. The zero-order valence-electron chi connectivity index (χ0n) is 6.78. The van der Waals surface area contributed by atoms with Crippen molar-refractivity contribution >= 4 is 11.6 Å². The van der Waals surface area contributed by atoms with Crippen LogP contribution in [0.1, 0.15) is 45.4 Å². The second kappa shape index (κ2) is 4.23. The number of rotatable bonds is 3. The summed E-state index contributed by atoms with van der Waals surface area (Å²) in [6.45, 7) is 2.17. The number of hydrogen-bond acceptors (Lipinski definition) is 0. The summed E-state index contributed by atoms with van der Waals surface area (Å²) >= 11 is 6.05. The lowest BCUT2D eigenvalue weighted by Gasteiger charge is -2.11. The molecule has 1 heteroatoms. The second-order valence-corrected chi connectivity index (χ2v) is 4.01. The van der Waals surface area contributed by atoms with Crippen LogP contribution in [0.5, 0.6) is 0 Å². The van der Waals surface area contributed by atoms with E-state index in [9.17, 15) is 0 Å². The predicted octanol–water partition coefficient (Wildman–Crippen LogP) is 3.58. The Labute approximate surface area is 69.0 Å². The van der Waals surface area contributed by atoms with E-state index in [4.69, 9.17) is 11.6 Å². The summed E-state index contributed by atoms with van der Waals surface area (Å²) in [5, 5.41) is 0.447. The molecule has 1 unspecified atom stereocenters. The van der Waals surface area contributed by atoms with Crippen molar-refractivity contribution < 1.29 is 0 Å². The van der Waals surface area contributed by atoms with Gasteiger partial charge in [0, 0.05) is 5.38 Å². The van der Waals surface area contributed by atoms with Gasteiger partial charge in [-0.1, -0.05) is 32.6 Å². The lowest BCUT2D eigenvalue weighted by molar-refractivity contribution is 0.485. The molecule has 0 amide bonds. The van der Waals surface area contributed by atoms with Crippen molar-refractivity contribution in [2.45, 2.75) is 50.8 Å². The van der Waals surface area contributed by atoms with Gasteiger partial charge in [0.2, 0.25) is 0 Å². The van der Waals surface area contributed by atoms with Gasteiger partial charge in [-0.05, 0) is 18.8 Å². The third kappa shape index (κ3) is 2.49. The van der Waals surface area contributed by atoms with Gasteiger partial charge >= 0.3 is 0 Å². The summed E-state index contributed by atoms with van der Waals surface area (Å²) in [6.07, 6.45) is 8.15. The molecule has 0 N–H and O–H groups in total. The van der Waals surface area contributed by atoms with Gasteiger partial charge in [-0.2, -0.15) is 0 Å². The van der Waals surface area contributed by atoms with Crippen LogP contribution in [0, 0.1) is 5.92 Å². The monoisotopic (exact) mass is 160 g/mol. The SMILES string of the molecule is CCC(Cl)CC1CCCC1. The topological polar surface area (TPSA) is 0 Å². The Bertz CT molecular complexity index is 84.7. The van der Waals surface area contributed by atoms with E-state index in [1.165, 1.54) is 32.1 Å². The molecule has 0 nitrogen and oxygen atoms in total. The largest absolute Gasteiger partial charge is 0.123 e. The Hall–Kier alpha value is 0.290. The highest BCUT2D eigenvalue weighted by molar-refractivity contribution is 6.20. The molecule has 0 saturated heterocycles. The highest BCUT2D eigenvalue weighted by Gasteiger charge is 2.17. The zero-order chi connectivity index (χ0) is 7.40. The summed E-state index contributed by atoms with van der Waals surface area (Å²) < 4.78 is 0. The minimum atomic E-state index is 0.447. The number of hydrogen-bond donors (Lipinski definition) is 0. The fraction of sp³-hybridized carbons (Fsp3) is 1.00. The minimum absolute atomic E-state index is 0.447. The lowest BCUT2D eigenvalue weighted by atomic mass is 10.0. The molecular formula is C9H17Cl. The summed E-state index contributed by atoms with van der Waals surface area (Å²) in [4.78, 5) is 0. The van der Waals surface area contributed by atoms with Crippen LogP contribution in [-0.4, -0.2) is 5.38 Å². The van der Waals surface area contributed by atoms with E-state index in [1.54, 1.807) is 0 Å². The predicted molar refractivity (Wildman–Crippen MR) is 46.5 cm³/mol. The van der Waals surface area contributed by atoms with Crippen molar-refractivity contribution in [2.75, 3.05) is 0 Å². The van der Waals surface area contributed by atoms with Crippen molar-refractivity contribution in [3.05, 3.63) is 0 Å². The zero-order valence-corrected chi connectivity index (χ0v) is 7.53. The van der Waals surface area contributed by atoms with E-state index in [0.29, 0.717) is 5.38 Å². The highest BCUT2D eigenvalue weighted by Crippen LogP contribution is 2.30. The van der Waals surface area contributed by atoms with Crippen molar-refractivity contribution in [2.24, 2.45) is 5.92 Å². The molecule has 0 spiro atoms. The van der Waals surface area contributed by atoms with Crippen LogP contribution < -0.4 is 0 Å². The normalized spacial score (nSPS) is 23.4.